The van der Waals surface area contributed by atoms with Gasteiger partial charge in [-0.1, -0.05) is 74.9 Å². The largest absolute Gasteiger partial charge is 0.378 e. The fraction of sp³-hybridized carbons (Fsp3) is 0.653. The molecule has 3 aromatic rings. The molecule has 0 aliphatic carbocycles. The maximum absolute atomic E-state index is 14.4. The van der Waals surface area contributed by atoms with Crippen LogP contribution in [0.4, 0.5) is 0 Å². The van der Waals surface area contributed by atoms with Gasteiger partial charge in [0.1, 0.15) is 24.2 Å². The van der Waals surface area contributed by atoms with E-state index in [4.69, 9.17) is 16.2 Å². The smallest absolute Gasteiger partial charge is 0.243 e. The fourth-order valence-electron chi connectivity index (χ4n) is 7.41. The maximum Gasteiger partial charge on any atom is 0.243 e. The van der Waals surface area contributed by atoms with Crippen LogP contribution < -0.4 is 59.3 Å². The number of carbonyl (C=O) groups excluding carboxylic acids is 7. The van der Waals surface area contributed by atoms with Gasteiger partial charge in [0.15, 0.2) is 0 Å². The zero-order chi connectivity index (χ0) is 53.9. The van der Waals surface area contributed by atoms with Gasteiger partial charge < -0.3 is 64.1 Å². The number of hydrogen-bond donors (Lipinski definition) is 11. The number of carbonyl (C=O) groups is 7. The number of aromatic nitrogens is 6. The van der Waals surface area contributed by atoms with E-state index in [2.05, 4.69) is 75.4 Å². The van der Waals surface area contributed by atoms with Crippen LogP contribution in [0.1, 0.15) is 89.6 Å². The van der Waals surface area contributed by atoms with Crippen LogP contribution in [-0.4, -0.2) is 168 Å². The highest BCUT2D eigenvalue weighted by Gasteiger charge is 2.33. The van der Waals surface area contributed by atoms with Crippen LogP contribution in [0.3, 0.4) is 0 Å². The lowest BCUT2D eigenvalue weighted by molar-refractivity contribution is -0.136. The third kappa shape index (κ3) is 26.0. The van der Waals surface area contributed by atoms with Crippen molar-refractivity contribution in [3.8, 4) is 0 Å². The molecule has 25 heteroatoms. The minimum atomic E-state index is -1.56. The first-order valence-corrected chi connectivity index (χ1v) is 26.0. The third-order valence-electron chi connectivity index (χ3n) is 11.2. The van der Waals surface area contributed by atoms with Crippen LogP contribution in [0.25, 0.3) is 0 Å². The number of nitrogens with two attached hydrogens (primary N) is 2. The number of aryl methyl sites for hydroxylation is 2. The summed E-state index contributed by atoms with van der Waals surface area (Å²) >= 11 is 0. The van der Waals surface area contributed by atoms with Crippen molar-refractivity contribution in [2.75, 3.05) is 72.1 Å². The van der Waals surface area contributed by atoms with Crippen LogP contribution in [0.2, 0.25) is 0 Å². The van der Waals surface area contributed by atoms with Gasteiger partial charge in [-0.3, -0.25) is 33.6 Å². The van der Waals surface area contributed by atoms with E-state index < -0.39 is 72.5 Å². The number of nitrogens with one attached hydrogen (secondary N) is 9. The Morgan fingerprint density at radius 2 is 1.11 bits per heavy atom. The van der Waals surface area contributed by atoms with Crippen molar-refractivity contribution >= 4 is 41.4 Å². The fourth-order valence-corrected chi connectivity index (χ4v) is 7.41. The summed E-state index contributed by atoms with van der Waals surface area (Å²) in [6.07, 6.45) is 6.41. The Morgan fingerprint density at radius 1 is 0.581 bits per heavy atom. The number of rotatable bonds is 40. The van der Waals surface area contributed by atoms with Crippen molar-refractivity contribution in [1.82, 2.24) is 77.8 Å². The summed E-state index contributed by atoms with van der Waals surface area (Å²) in [4.78, 5) is 95.8. The molecule has 0 aliphatic heterocycles. The zero-order valence-electron chi connectivity index (χ0n) is 43.8. The molecule has 0 saturated heterocycles. The van der Waals surface area contributed by atoms with E-state index >= 15 is 0 Å². The second-order valence-electron chi connectivity index (χ2n) is 18.3. The normalized spacial score (nSPS) is 12.8. The highest BCUT2D eigenvalue weighted by atomic mass is 16.5. The van der Waals surface area contributed by atoms with Gasteiger partial charge in [0.25, 0.3) is 0 Å². The van der Waals surface area contributed by atoms with E-state index in [-0.39, 0.29) is 50.7 Å². The first kappa shape index (κ1) is 61.9. The Balaban J connectivity index is 1.71. The lowest BCUT2D eigenvalue weighted by Crippen LogP contribution is -2.59. The Bertz CT molecular complexity index is 2120. The van der Waals surface area contributed by atoms with Crippen LogP contribution >= 0.6 is 0 Å². The first-order chi connectivity index (χ1) is 35.7. The summed E-state index contributed by atoms with van der Waals surface area (Å²) in [6, 6.07) is 3.64. The Kier molecular flexibility index (Phi) is 30.5. The molecule has 74 heavy (non-hydrogen) atoms. The first-order valence-electron chi connectivity index (χ1n) is 26.0. The van der Waals surface area contributed by atoms with E-state index in [1.807, 2.05) is 27.0 Å². The Morgan fingerprint density at radius 3 is 1.65 bits per heavy atom. The standard InChI is InChI=1S/C49H83N17O8/c1-5-11-37-33-65(63-61-37)25-27-74-28-26-66-34-38(62-64-66)14-10-15-43(67)57-39(29-35(3)4)47(71)58-40(30-36-12-8-7-9-13-36)48(72)60-42(32-45(69)55-24-22-53-20-17-51)49(73)59-41(46(70)56-18-6-2)31-44(68)54-23-21-52-19-16-50/h7-9,12-13,33-35,39-42,52-53H,5-6,10-11,14-32,50-51H2,1-4H3,(H,54,68)(H,55,69)(H,56,70)(H,57,67)(H,58,71)(H,59,73)(H,60,72)/t39-,40+,41+,42-/m1/s1. The summed E-state index contributed by atoms with van der Waals surface area (Å²) < 4.78 is 9.20. The number of nitrogens with zero attached hydrogens (tertiary/aromatic N) is 6. The van der Waals surface area contributed by atoms with Gasteiger partial charge in [0.2, 0.25) is 41.4 Å². The molecule has 0 fully saturated rings. The van der Waals surface area contributed by atoms with E-state index in [0.29, 0.717) is 96.1 Å². The number of hydrogen-bond acceptors (Lipinski definition) is 16. The molecule has 0 radical (unpaired) electrons. The van der Waals surface area contributed by atoms with E-state index in [1.165, 1.54) is 0 Å². The molecule has 2 aromatic heterocycles. The van der Waals surface area contributed by atoms with Gasteiger partial charge in [0.05, 0.1) is 50.5 Å². The maximum atomic E-state index is 14.4. The SMILES string of the molecule is CCCNC(=O)[C@H](CC(=O)NCCNCCN)NC(=O)[C@@H](CC(=O)NCCNCCN)NC(=O)[C@H](Cc1ccccc1)NC(=O)[C@@H](CC(C)C)NC(=O)CCCc1cn(CCOCCn2cc(CCC)nn2)nn1. The molecule has 0 unspecified atom stereocenters. The average molecular weight is 1040 g/mol. The highest BCUT2D eigenvalue weighted by Crippen LogP contribution is 2.11. The molecule has 0 bridgehead atoms. The molecule has 0 aliphatic rings. The predicted octanol–water partition coefficient (Wildman–Crippen LogP) is -2.28. The molecule has 0 saturated carbocycles. The molecule has 13 N–H and O–H groups in total. The lowest BCUT2D eigenvalue weighted by Gasteiger charge is -2.27. The molecule has 4 atom stereocenters. The minimum absolute atomic E-state index is 0.0217. The van der Waals surface area contributed by atoms with Crippen LogP contribution in [0, 0.1) is 5.92 Å². The van der Waals surface area contributed by atoms with Crippen molar-refractivity contribution < 1.29 is 38.3 Å². The zero-order valence-corrected chi connectivity index (χ0v) is 43.8. The van der Waals surface area contributed by atoms with Crippen molar-refractivity contribution in [3.05, 3.63) is 59.7 Å². The Hall–Kier alpha value is -6.41. The summed E-state index contributed by atoms with van der Waals surface area (Å²) in [5, 5.41) is 41.8. The molecule has 25 nitrogen and oxygen atoms in total. The van der Waals surface area contributed by atoms with Crippen LogP contribution in [0.15, 0.2) is 42.7 Å². The number of amides is 7. The van der Waals surface area contributed by atoms with Gasteiger partial charge in [0, 0.05) is 84.1 Å². The topological polar surface area (TPSA) is 350 Å². The summed E-state index contributed by atoms with van der Waals surface area (Å²) in [5.41, 5.74) is 13.4. The Labute approximate surface area is 434 Å². The predicted molar refractivity (Wildman–Crippen MR) is 278 cm³/mol. The minimum Gasteiger partial charge on any atom is -0.378 e. The van der Waals surface area contributed by atoms with E-state index in [0.717, 1.165) is 18.5 Å². The van der Waals surface area contributed by atoms with Crippen molar-refractivity contribution in [3.63, 3.8) is 0 Å². The van der Waals surface area contributed by atoms with Gasteiger partial charge >= 0.3 is 0 Å². The van der Waals surface area contributed by atoms with Gasteiger partial charge in [-0.25, -0.2) is 9.36 Å². The van der Waals surface area contributed by atoms with Gasteiger partial charge in [-0.15, -0.1) is 10.2 Å². The van der Waals surface area contributed by atoms with E-state index in [9.17, 15) is 33.6 Å². The van der Waals surface area contributed by atoms with Crippen molar-refractivity contribution in [2.45, 2.75) is 129 Å². The lowest BCUT2D eigenvalue weighted by atomic mass is 10.0. The van der Waals surface area contributed by atoms with Crippen molar-refractivity contribution in [2.24, 2.45) is 17.4 Å². The number of benzene rings is 1. The molecule has 412 valence electrons. The highest BCUT2D eigenvalue weighted by molar-refractivity contribution is 5.98. The second-order valence-corrected chi connectivity index (χ2v) is 18.3. The monoisotopic (exact) mass is 1040 g/mol. The number of ether oxygens (including phenoxy) is 1. The molecular weight excluding hydrogens is 955 g/mol. The molecule has 3 rings (SSSR count). The van der Waals surface area contributed by atoms with Crippen molar-refractivity contribution in [1.29, 1.82) is 0 Å². The summed E-state index contributed by atoms with van der Waals surface area (Å²) in [5.74, 6) is -4.51. The molecule has 7 amide bonds. The summed E-state index contributed by atoms with van der Waals surface area (Å²) in [7, 11) is 0. The van der Waals surface area contributed by atoms with Gasteiger partial charge in [-0.05, 0) is 43.6 Å². The van der Waals surface area contributed by atoms with Crippen LogP contribution in [-0.2, 0) is 70.7 Å². The molecule has 1 aromatic carbocycles. The molecule has 0 spiro atoms. The van der Waals surface area contributed by atoms with Crippen LogP contribution in [0.5, 0.6) is 0 Å². The molecular formula is C49H83N17O8. The third-order valence-corrected chi connectivity index (χ3v) is 11.2. The van der Waals surface area contributed by atoms with Gasteiger partial charge in [-0.2, -0.15) is 0 Å². The quantitative estimate of drug-likeness (QED) is 0.0268. The second kappa shape index (κ2) is 36.5. The summed E-state index contributed by atoms with van der Waals surface area (Å²) in [6.45, 7) is 13.1. The average Bonchev–Trinajstić information content (AvgIpc) is 4.03. The molecule has 2 heterocycles. The van der Waals surface area contributed by atoms with E-state index in [1.54, 1.807) is 45.9 Å².